The number of anilines is 1. The van der Waals surface area contributed by atoms with Crippen LogP contribution in [0.15, 0.2) is 24.5 Å². The summed E-state index contributed by atoms with van der Waals surface area (Å²) in [5, 5.41) is 1.18. The van der Waals surface area contributed by atoms with Crippen LogP contribution in [0.1, 0.15) is 32.3 Å². The molecular formula is C15H21N3. The van der Waals surface area contributed by atoms with Crippen LogP contribution in [-0.4, -0.2) is 23.1 Å². The van der Waals surface area contributed by atoms with Crippen LogP contribution >= 0.6 is 0 Å². The van der Waals surface area contributed by atoms with Crippen molar-refractivity contribution in [1.29, 1.82) is 0 Å². The van der Waals surface area contributed by atoms with Gasteiger partial charge in [0.2, 0.25) is 0 Å². The molecule has 3 heteroatoms. The van der Waals surface area contributed by atoms with Gasteiger partial charge in [-0.25, -0.2) is 9.97 Å². The molecule has 1 aromatic carbocycles. The molecule has 0 atom stereocenters. The maximum absolute atomic E-state index is 4.50. The summed E-state index contributed by atoms with van der Waals surface area (Å²) < 4.78 is 0. The Kier molecular flexibility index (Phi) is 3.80. The molecule has 0 aliphatic heterocycles. The van der Waals surface area contributed by atoms with Gasteiger partial charge in [0.1, 0.15) is 12.1 Å². The first kappa shape index (κ1) is 12.8. The van der Waals surface area contributed by atoms with Gasteiger partial charge in [0.05, 0.1) is 5.52 Å². The molecule has 0 amide bonds. The molecule has 0 aliphatic carbocycles. The molecule has 0 saturated heterocycles. The van der Waals surface area contributed by atoms with E-state index in [0.29, 0.717) is 6.04 Å². The Morgan fingerprint density at radius 3 is 2.56 bits per heavy atom. The van der Waals surface area contributed by atoms with Gasteiger partial charge in [-0.05, 0) is 31.4 Å². The molecule has 0 N–H and O–H groups in total. The SMILES string of the molecule is CCC(CC)N(C)c1ncnc2cccc(C)c12. The molecule has 1 aromatic heterocycles. The largest absolute Gasteiger partial charge is 0.356 e. The normalized spacial score (nSPS) is 11.2. The smallest absolute Gasteiger partial charge is 0.140 e. The third kappa shape index (κ3) is 2.17. The third-order valence-electron chi connectivity index (χ3n) is 3.68. The van der Waals surface area contributed by atoms with Crippen molar-refractivity contribution >= 4 is 16.7 Å². The van der Waals surface area contributed by atoms with Crippen LogP contribution in [0.5, 0.6) is 0 Å². The monoisotopic (exact) mass is 243 g/mol. The number of rotatable bonds is 4. The Morgan fingerprint density at radius 2 is 1.89 bits per heavy atom. The number of benzene rings is 1. The van der Waals surface area contributed by atoms with E-state index < -0.39 is 0 Å². The molecule has 0 spiro atoms. The third-order valence-corrected chi connectivity index (χ3v) is 3.68. The van der Waals surface area contributed by atoms with Crippen LogP contribution in [-0.2, 0) is 0 Å². The first-order valence-corrected chi connectivity index (χ1v) is 6.62. The van der Waals surface area contributed by atoms with Crippen LogP contribution in [0.4, 0.5) is 5.82 Å². The van der Waals surface area contributed by atoms with E-state index in [1.807, 2.05) is 12.1 Å². The molecule has 2 aromatic rings. The second-order valence-corrected chi connectivity index (χ2v) is 4.75. The van der Waals surface area contributed by atoms with Gasteiger partial charge >= 0.3 is 0 Å². The van der Waals surface area contributed by atoms with Gasteiger partial charge in [-0.15, -0.1) is 0 Å². The number of hydrogen-bond acceptors (Lipinski definition) is 3. The van der Waals surface area contributed by atoms with Crippen LogP contribution in [0, 0.1) is 6.92 Å². The summed E-state index contributed by atoms with van der Waals surface area (Å²) >= 11 is 0. The van der Waals surface area contributed by atoms with Gasteiger partial charge in [-0.1, -0.05) is 26.0 Å². The quantitative estimate of drug-likeness (QED) is 0.822. The minimum atomic E-state index is 0.530. The Morgan fingerprint density at radius 1 is 1.17 bits per heavy atom. The molecule has 96 valence electrons. The highest BCUT2D eigenvalue weighted by molar-refractivity contribution is 5.92. The average molecular weight is 243 g/mol. The summed E-state index contributed by atoms with van der Waals surface area (Å²) in [7, 11) is 2.13. The highest BCUT2D eigenvalue weighted by Gasteiger charge is 2.16. The van der Waals surface area contributed by atoms with Gasteiger partial charge in [-0.3, -0.25) is 0 Å². The second kappa shape index (κ2) is 5.34. The van der Waals surface area contributed by atoms with Gasteiger partial charge in [-0.2, -0.15) is 0 Å². The van der Waals surface area contributed by atoms with E-state index in [-0.39, 0.29) is 0 Å². The van der Waals surface area contributed by atoms with E-state index in [1.54, 1.807) is 6.33 Å². The molecule has 3 nitrogen and oxygen atoms in total. The number of nitrogens with zero attached hydrogens (tertiary/aromatic N) is 3. The highest BCUT2D eigenvalue weighted by Crippen LogP contribution is 2.27. The minimum absolute atomic E-state index is 0.530. The van der Waals surface area contributed by atoms with Crippen molar-refractivity contribution in [3.8, 4) is 0 Å². The second-order valence-electron chi connectivity index (χ2n) is 4.75. The molecule has 0 unspecified atom stereocenters. The zero-order valence-corrected chi connectivity index (χ0v) is 11.6. The maximum Gasteiger partial charge on any atom is 0.140 e. The van der Waals surface area contributed by atoms with E-state index in [4.69, 9.17) is 0 Å². The van der Waals surface area contributed by atoms with Gasteiger partial charge in [0.25, 0.3) is 0 Å². The topological polar surface area (TPSA) is 29.0 Å². The highest BCUT2D eigenvalue weighted by atomic mass is 15.2. The fraction of sp³-hybridized carbons (Fsp3) is 0.467. The summed E-state index contributed by atoms with van der Waals surface area (Å²) in [4.78, 5) is 11.1. The number of hydrogen-bond donors (Lipinski definition) is 0. The minimum Gasteiger partial charge on any atom is -0.356 e. The predicted octanol–water partition coefficient (Wildman–Crippen LogP) is 3.56. The zero-order chi connectivity index (χ0) is 13.1. The Bertz CT molecular complexity index is 527. The van der Waals surface area contributed by atoms with Gasteiger partial charge < -0.3 is 4.90 Å². The lowest BCUT2D eigenvalue weighted by Crippen LogP contribution is -2.31. The number of aromatic nitrogens is 2. The van der Waals surface area contributed by atoms with Gasteiger partial charge in [0, 0.05) is 18.5 Å². The number of aryl methyl sites for hydroxylation is 1. The van der Waals surface area contributed by atoms with Crippen molar-refractivity contribution in [2.75, 3.05) is 11.9 Å². The summed E-state index contributed by atoms with van der Waals surface area (Å²) in [5.41, 5.74) is 2.26. The van der Waals surface area contributed by atoms with Crippen LogP contribution in [0.2, 0.25) is 0 Å². The fourth-order valence-corrected chi connectivity index (χ4v) is 2.54. The van der Waals surface area contributed by atoms with Crippen molar-refractivity contribution in [2.45, 2.75) is 39.7 Å². The Labute approximate surface area is 109 Å². The molecule has 18 heavy (non-hydrogen) atoms. The maximum atomic E-state index is 4.50. The fourth-order valence-electron chi connectivity index (χ4n) is 2.54. The summed E-state index contributed by atoms with van der Waals surface area (Å²) in [6.45, 7) is 6.57. The molecule has 2 rings (SSSR count). The Balaban J connectivity index is 2.57. The predicted molar refractivity (Wildman–Crippen MR) is 77.0 cm³/mol. The summed E-state index contributed by atoms with van der Waals surface area (Å²) in [6, 6.07) is 6.75. The molecule has 0 radical (unpaired) electrons. The van der Waals surface area contributed by atoms with Crippen molar-refractivity contribution in [3.05, 3.63) is 30.1 Å². The van der Waals surface area contributed by atoms with E-state index >= 15 is 0 Å². The lowest BCUT2D eigenvalue weighted by Gasteiger charge is -2.28. The first-order valence-electron chi connectivity index (χ1n) is 6.62. The van der Waals surface area contributed by atoms with Crippen molar-refractivity contribution < 1.29 is 0 Å². The lowest BCUT2D eigenvalue weighted by molar-refractivity contribution is 0.588. The standard InChI is InChI=1S/C15H21N3/c1-5-12(6-2)18(4)15-14-11(3)8-7-9-13(14)16-10-17-15/h7-10,12H,5-6H2,1-4H3. The summed E-state index contributed by atoms with van der Waals surface area (Å²) in [6.07, 6.45) is 3.92. The molecule has 0 aliphatic rings. The zero-order valence-electron chi connectivity index (χ0n) is 11.6. The van der Waals surface area contributed by atoms with Crippen molar-refractivity contribution in [2.24, 2.45) is 0 Å². The molecule has 1 heterocycles. The lowest BCUT2D eigenvalue weighted by atomic mass is 10.1. The molecule has 0 fully saturated rings. The first-order chi connectivity index (χ1) is 8.69. The van der Waals surface area contributed by atoms with Crippen LogP contribution in [0.25, 0.3) is 10.9 Å². The van der Waals surface area contributed by atoms with Gasteiger partial charge in [0.15, 0.2) is 0 Å². The van der Waals surface area contributed by atoms with Crippen LogP contribution < -0.4 is 4.90 Å². The van der Waals surface area contributed by atoms with E-state index in [0.717, 1.165) is 24.2 Å². The number of fused-ring (bicyclic) bond motifs is 1. The molecule has 0 bridgehead atoms. The average Bonchev–Trinajstić information content (AvgIpc) is 2.39. The van der Waals surface area contributed by atoms with E-state index in [2.05, 4.69) is 48.8 Å². The van der Waals surface area contributed by atoms with Crippen molar-refractivity contribution in [3.63, 3.8) is 0 Å². The molecule has 0 saturated carbocycles. The van der Waals surface area contributed by atoms with E-state index in [1.165, 1.54) is 10.9 Å². The molecular weight excluding hydrogens is 222 g/mol. The van der Waals surface area contributed by atoms with Crippen LogP contribution in [0.3, 0.4) is 0 Å². The van der Waals surface area contributed by atoms with E-state index in [9.17, 15) is 0 Å². The Hall–Kier alpha value is -1.64. The van der Waals surface area contributed by atoms with Crippen molar-refractivity contribution in [1.82, 2.24) is 9.97 Å². The summed E-state index contributed by atoms with van der Waals surface area (Å²) in [5.74, 6) is 1.05.